The summed E-state index contributed by atoms with van der Waals surface area (Å²) in [5, 5.41) is 3.82. The van der Waals surface area contributed by atoms with Gasteiger partial charge in [0, 0.05) is 24.7 Å². The van der Waals surface area contributed by atoms with E-state index >= 15 is 0 Å². The van der Waals surface area contributed by atoms with Crippen molar-refractivity contribution in [3.05, 3.63) is 0 Å². The molecule has 0 saturated carbocycles. The van der Waals surface area contributed by atoms with Gasteiger partial charge in [0.15, 0.2) is 0 Å². The standard InChI is InChI=1S/C15H32N2S/c1-5-14-12-16-15(6-2,7-3)13-17(14)10-9-11-18-8-4/h14,16H,5-13H2,1-4H3. The molecule has 0 radical (unpaired) electrons. The van der Waals surface area contributed by atoms with Crippen LogP contribution in [-0.2, 0) is 0 Å². The quantitative estimate of drug-likeness (QED) is 0.682. The third kappa shape index (κ3) is 4.43. The highest BCUT2D eigenvalue weighted by Gasteiger charge is 2.35. The van der Waals surface area contributed by atoms with E-state index in [9.17, 15) is 0 Å². The van der Waals surface area contributed by atoms with Crippen molar-refractivity contribution in [2.24, 2.45) is 0 Å². The zero-order chi connectivity index (χ0) is 13.4. The van der Waals surface area contributed by atoms with Crippen LogP contribution in [0.4, 0.5) is 0 Å². The lowest BCUT2D eigenvalue weighted by Gasteiger charge is -2.47. The van der Waals surface area contributed by atoms with Crippen molar-refractivity contribution in [1.29, 1.82) is 0 Å². The molecule has 1 aliphatic rings. The van der Waals surface area contributed by atoms with Crippen LogP contribution in [0.1, 0.15) is 53.4 Å². The molecule has 3 heteroatoms. The van der Waals surface area contributed by atoms with Gasteiger partial charge < -0.3 is 5.32 Å². The van der Waals surface area contributed by atoms with E-state index in [1.54, 1.807) is 0 Å². The highest BCUT2D eigenvalue weighted by molar-refractivity contribution is 7.99. The first kappa shape index (κ1) is 16.3. The molecule has 0 aromatic rings. The number of hydrogen-bond donors (Lipinski definition) is 1. The summed E-state index contributed by atoms with van der Waals surface area (Å²) in [5.74, 6) is 2.58. The van der Waals surface area contributed by atoms with Gasteiger partial charge in [-0.05, 0) is 43.7 Å². The van der Waals surface area contributed by atoms with Crippen molar-refractivity contribution < 1.29 is 0 Å². The molecule has 0 aliphatic carbocycles. The summed E-state index contributed by atoms with van der Waals surface area (Å²) in [6.45, 7) is 12.9. The van der Waals surface area contributed by atoms with Crippen LogP contribution in [0.15, 0.2) is 0 Å². The van der Waals surface area contributed by atoms with Crippen molar-refractivity contribution >= 4 is 11.8 Å². The van der Waals surface area contributed by atoms with Crippen molar-refractivity contribution in [2.45, 2.75) is 65.0 Å². The maximum atomic E-state index is 3.82. The highest BCUT2D eigenvalue weighted by Crippen LogP contribution is 2.24. The predicted molar refractivity (Wildman–Crippen MR) is 84.6 cm³/mol. The average Bonchev–Trinajstić information content (AvgIpc) is 2.43. The summed E-state index contributed by atoms with van der Waals surface area (Å²) in [6, 6.07) is 0.753. The molecular weight excluding hydrogens is 240 g/mol. The Morgan fingerprint density at radius 1 is 1.22 bits per heavy atom. The molecule has 1 saturated heterocycles. The highest BCUT2D eigenvalue weighted by atomic mass is 32.2. The van der Waals surface area contributed by atoms with Crippen LogP contribution < -0.4 is 5.32 Å². The summed E-state index contributed by atoms with van der Waals surface area (Å²) in [6.07, 6.45) is 5.12. The van der Waals surface area contributed by atoms with Crippen LogP contribution in [0, 0.1) is 0 Å². The Balaban J connectivity index is 2.48. The van der Waals surface area contributed by atoms with Gasteiger partial charge in [0.1, 0.15) is 0 Å². The van der Waals surface area contributed by atoms with Crippen LogP contribution in [0.5, 0.6) is 0 Å². The van der Waals surface area contributed by atoms with Crippen LogP contribution in [0.2, 0.25) is 0 Å². The molecule has 1 N–H and O–H groups in total. The molecule has 1 atom stereocenters. The van der Waals surface area contributed by atoms with Crippen LogP contribution >= 0.6 is 11.8 Å². The van der Waals surface area contributed by atoms with E-state index in [1.165, 1.54) is 56.8 Å². The van der Waals surface area contributed by atoms with Crippen LogP contribution in [0.3, 0.4) is 0 Å². The van der Waals surface area contributed by atoms with Crippen LogP contribution in [0.25, 0.3) is 0 Å². The number of nitrogens with one attached hydrogen (secondary N) is 1. The molecule has 1 rings (SSSR count). The number of rotatable bonds is 8. The SMILES string of the molecule is CCSCCCN1CC(CC)(CC)NCC1CC. The first-order chi connectivity index (χ1) is 8.71. The third-order valence-corrected chi connectivity index (χ3v) is 5.48. The second kappa shape index (κ2) is 8.44. The molecule has 0 aromatic carbocycles. The largest absolute Gasteiger partial charge is 0.308 e. The van der Waals surface area contributed by atoms with Gasteiger partial charge in [0.05, 0.1) is 0 Å². The van der Waals surface area contributed by atoms with E-state index in [4.69, 9.17) is 0 Å². The molecule has 1 fully saturated rings. The van der Waals surface area contributed by atoms with Gasteiger partial charge in [-0.15, -0.1) is 0 Å². The zero-order valence-corrected chi connectivity index (χ0v) is 13.6. The fourth-order valence-corrected chi connectivity index (χ4v) is 3.56. The number of hydrogen-bond acceptors (Lipinski definition) is 3. The zero-order valence-electron chi connectivity index (χ0n) is 12.8. The molecular formula is C15H32N2S. The third-order valence-electron chi connectivity index (χ3n) is 4.50. The maximum Gasteiger partial charge on any atom is 0.0304 e. The Labute approximate surface area is 118 Å². The molecule has 2 nitrogen and oxygen atoms in total. The van der Waals surface area contributed by atoms with Crippen molar-refractivity contribution in [1.82, 2.24) is 10.2 Å². The minimum Gasteiger partial charge on any atom is -0.308 e. The van der Waals surface area contributed by atoms with Gasteiger partial charge in [0.25, 0.3) is 0 Å². The van der Waals surface area contributed by atoms with E-state index in [-0.39, 0.29) is 0 Å². The van der Waals surface area contributed by atoms with E-state index < -0.39 is 0 Å². The molecule has 1 heterocycles. The van der Waals surface area contributed by atoms with Crippen LogP contribution in [-0.4, -0.2) is 47.6 Å². The summed E-state index contributed by atoms with van der Waals surface area (Å²) >= 11 is 2.07. The monoisotopic (exact) mass is 272 g/mol. The van der Waals surface area contributed by atoms with Gasteiger partial charge in [-0.3, -0.25) is 4.90 Å². The maximum absolute atomic E-state index is 3.82. The van der Waals surface area contributed by atoms with Gasteiger partial charge in [0.2, 0.25) is 0 Å². The van der Waals surface area contributed by atoms with E-state index in [0.717, 1.165) is 6.04 Å². The Hall–Kier alpha value is 0.270. The van der Waals surface area contributed by atoms with E-state index in [2.05, 4.69) is 49.7 Å². The fraction of sp³-hybridized carbons (Fsp3) is 1.00. The molecule has 1 aliphatic heterocycles. The fourth-order valence-electron chi connectivity index (χ4n) is 2.94. The molecule has 0 bridgehead atoms. The van der Waals surface area contributed by atoms with Crippen molar-refractivity contribution in [3.63, 3.8) is 0 Å². The molecule has 0 spiro atoms. The minimum absolute atomic E-state index is 0.379. The van der Waals surface area contributed by atoms with Gasteiger partial charge in [-0.1, -0.05) is 27.7 Å². The second-order valence-corrected chi connectivity index (χ2v) is 6.85. The Kier molecular flexibility index (Phi) is 7.66. The normalized spacial score (nSPS) is 24.3. The van der Waals surface area contributed by atoms with Gasteiger partial charge in [-0.2, -0.15) is 11.8 Å². The van der Waals surface area contributed by atoms with Crippen molar-refractivity contribution in [2.75, 3.05) is 31.1 Å². The van der Waals surface area contributed by atoms with E-state index in [1.807, 2.05) is 0 Å². The average molecular weight is 273 g/mol. The molecule has 18 heavy (non-hydrogen) atoms. The first-order valence-electron chi connectivity index (χ1n) is 7.78. The Bertz CT molecular complexity index is 217. The molecule has 0 aromatic heterocycles. The second-order valence-electron chi connectivity index (χ2n) is 5.45. The van der Waals surface area contributed by atoms with Gasteiger partial charge >= 0.3 is 0 Å². The summed E-state index contributed by atoms with van der Waals surface area (Å²) < 4.78 is 0. The number of piperazine rings is 1. The van der Waals surface area contributed by atoms with E-state index in [0.29, 0.717) is 5.54 Å². The lowest BCUT2D eigenvalue weighted by molar-refractivity contribution is 0.0710. The smallest absolute Gasteiger partial charge is 0.0304 e. The topological polar surface area (TPSA) is 15.3 Å². The molecule has 0 amide bonds. The Morgan fingerprint density at radius 2 is 1.94 bits per heavy atom. The lowest BCUT2D eigenvalue weighted by atomic mass is 9.88. The molecule has 1 unspecified atom stereocenters. The number of nitrogens with zero attached hydrogens (tertiary/aromatic N) is 1. The summed E-state index contributed by atoms with van der Waals surface area (Å²) in [4.78, 5) is 2.75. The molecule has 108 valence electrons. The van der Waals surface area contributed by atoms with Crippen molar-refractivity contribution in [3.8, 4) is 0 Å². The first-order valence-corrected chi connectivity index (χ1v) is 8.93. The lowest BCUT2D eigenvalue weighted by Crippen LogP contribution is -2.63. The summed E-state index contributed by atoms with van der Waals surface area (Å²) in [5.41, 5.74) is 0.379. The Morgan fingerprint density at radius 3 is 2.50 bits per heavy atom. The van der Waals surface area contributed by atoms with Gasteiger partial charge in [-0.25, -0.2) is 0 Å². The minimum atomic E-state index is 0.379. The number of thioether (sulfide) groups is 1. The summed E-state index contributed by atoms with van der Waals surface area (Å²) in [7, 11) is 0. The predicted octanol–water partition coefficient (Wildman–Crippen LogP) is 3.37.